The summed E-state index contributed by atoms with van der Waals surface area (Å²) in [5.41, 5.74) is 0. The van der Waals surface area contributed by atoms with E-state index in [-0.39, 0.29) is 18.0 Å². The molecule has 7 heteroatoms. The molecule has 0 aromatic rings. The number of likely N-dealkylation sites (tertiary alicyclic amines) is 1. The molecule has 1 N–H and O–H groups in total. The number of carbonyl (C=O) groups is 1. The highest BCUT2D eigenvalue weighted by Gasteiger charge is 2.24. The smallest absolute Gasteiger partial charge is 0.310 e. The van der Waals surface area contributed by atoms with Crippen LogP contribution < -0.4 is 5.32 Å². The molecule has 150 valence electrons. The number of piperidine rings is 1. The number of methoxy groups -OCH3 is 1. The van der Waals surface area contributed by atoms with Crippen molar-refractivity contribution < 1.29 is 19.0 Å². The van der Waals surface area contributed by atoms with Crippen LogP contribution in [0, 0.1) is 5.92 Å². The maximum absolute atomic E-state index is 11.6. The third-order valence-electron chi connectivity index (χ3n) is 4.99. The zero-order valence-electron chi connectivity index (χ0n) is 16.5. The predicted octanol–water partition coefficient (Wildman–Crippen LogP) is 1.81. The molecule has 0 aromatic carbocycles. The molecular weight excluding hydrogens is 334 g/mol. The highest BCUT2D eigenvalue weighted by molar-refractivity contribution is 5.80. The van der Waals surface area contributed by atoms with E-state index in [0.717, 1.165) is 58.1 Å². The number of hydrogen-bond donors (Lipinski definition) is 1. The number of hydrogen-bond acceptors (Lipinski definition) is 5. The van der Waals surface area contributed by atoms with Gasteiger partial charge in [0.05, 0.1) is 38.4 Å². The molecule has 2 heterocycles. The van der Waals surface area contributed by atoms with E-state index >= 15 is 0 Å². The van der Waals surface area contributed by atoms with Crippen LogP contribution >= 0.6 is 0 Å². The molecule has 2 fully saturated rings. The first-order valence-electron chi connectivity index (χ1n) is 9.98. The molecule has 7 nitrogen and oxygen atoms in total. The summed E-state index contributed by atoms with van der Waals surface area (Å²) in [5.74, 6) is 0.420. The van der Waals surface area contributed by atoms with Gasteiger partial charge >= 0.3 is 5.97 Å². The second kappa shape index (κ2) is 11.4. The van der Waals surface area contributed by atoms with E-state index in [9.17, 15) is 4.79 Å². The maximum atomic E-state index is 11.6. The van der Waals surface area contributed by atoms with Crippen LogP contribution in [-0.2, 0) is 19.0 Å². The molecule has 0 radical (unpaired) electrons. The Morgan fingerprint density at radius 3 is 2.69 bits per heavy atom. The number of rotatable bonds is 7. The number of esters is 1. The predicted molar refractivity (Wildman–Crippen MR) is 101 cm³/mol. The van der Waals surface area contributed by atoms with Crippen LogP contribution in [0.2, 0.25) is 0 Å². The standard InChI is InChI=1S/C19H35N3O4/c1-4-20-19(21-13-15(2)18(23)24-3)22-10-8-16(9-11-22)26-14-17-7-5-6-12-25-17/h15-17H,4-14H2,1-3H3,(H,20,21). The SMILES string of the molecule is CCNC(=NCC(C)C(=O)OC)N1CCC(OCC2CCCCO2)CC1. The summed E-state index contributed by atoms with van der Waals surface area (Å²) in [5, 5.41) is 3.33. The number of guanidine groups is 1. The third-order valence-corrected chi connectivity index (χ3v) is 4.99. The first-order valence-corrected chi connectivity index (χ1v) is 9.98. The molecule has 2 unspecified atom stereocenters. The van der Waals surface area contributed by atoms with Crippen LogP contribution in [0.1, 0.15) is 46.0 Å². The Morgan fingerprint density at radius 1 is 1.31 bits per heavy atom. The summed E-state index contributed by atoms with van der Waals surface area (Å²) in [4.78, 5) is 18.4. The van der Waals surface area contributed by atoms with Gasteiger partial charge in [-0.05, 0) is 39.0 Å². The lowest BCUT2D eigenvalue weighted by atomic mass is 10.1. The highest BCUT2D eigenvalue weighted by atomic mass is 16.5. The molecular formula is C19H35N3O4. The van der Waals surface area contributed by atoms with Gasteiger partial charge in [-0.15, -0.1) is 0 Å². The van der Waals surface area contributed by atoms with Crippen LogP contribution in [0.5, 0.6) is 0 Å². The largest absolute Gasteiger partial charge is 0.469 e. The van der Waals surface area contributed by atoms with Gasteiger partial charge in [0.1, 0.15) is 0 Å². The van der Waals surface area contributed by atoms with Crippen molar-refractivity contribution in [1.82, 2.24) is 10.2 Å². The Hall–Kier alpha value is -1.34. The first-order chi connectivity index (χ1) is 12.6. The lowest BCUT2D eigenvalue weighted by molar-refractivity contribution is -0.144. The van der Waals surface area contributed by atoms with E-state index in [4.69, 9.17) is 14.2 Å². The number of ether oxygens (including phenoxy) is 3. The van der Waals surface area contributed by atoms with Crippen molar-refractivity contribution in [3.8, 4) is 0 Å². The van der Waals surface area contributed by atoms with Gasteiger partial charge in [-0.1, -0.05) is 6.92 Å². The van der Waals surface area contributed by atoms with Crippen LogP contribution in [0.15, 0.2) is 4.99 Å². The Balaban J connectivity index is 1.76. The fourth-order valence-electron chi connectivity index (χ4n) is 3.34. The van der Waals surface area contributed by atoms with Crippen molar-refractivity contribution in [3.05, 3.63) is 0 Å². The summed E-state index contributed by atoms with van der Waals surface area (Å²) < 4.78 is 16.6. The van der Waals surface area contributed by atoms with E-state index in [1.165, 1.54) is 20.0 Å². The van der Waals surface area contributed by atoms with E-state index in [1.807, 2.05) is 6.92 Å². The first kappa shape index (κ1) is 21.0. The van der Waals surface area contributed by atoms with Gasteiger partial charge in [-0.3, -0.25) is 9.79 Å². The molecule has 0 aliphatic carbocycles. The van der Waals surface area contributed by atoms with Crippen LogP contribution in [0.25, 0.3) is 0 Å². The van der Waals surface area contributed by atoms with Gasteiger partial charge in [0, 0.05) is 26.2 Å². The molecule has 2 saturated heterocycles. The summed E-state index contributed by atoms with van der Waals surface area (Å²) in [6, 6.07) is 0. The van der Waals surface area contributed by atoms with E-state index < -0.39 is 0 Å². The van der Waals surface area contributed by atoms with E-state index in [0.29, 0.717) is 12.6 Å². The van der Waals surface area contributed by atoms with Gasteiger partial charge in [0.15, 0.2) is 5.96 Å². The van der Waals surface area contributed by atoms with Crippen molar-refractivity contribution in [1.29, 1.82) is 0 Å². The molecule has 0 saturated carbocycles. The van der Waals surface area contributed by atoms with Crippen molar-refractivity contribution in [2.75, 3.05) is 46.5 Å². The molecule has 0 amide bonds. The zero-order chi connectivity index (χ0) is 18.8. The number of nitrogens with zero attached hydrogens (tertiary/aromatic N) is 2. The van der Waals surface area contributed by atoms with Crippen molar-refractivity contribution in [3.63, 3.8) is 0 Å². The number of aliphatic imine (C=N–C) groups is 1. The molecule has 0 aromatic heterocycles. The topological polar surface area (TPSA) is 72.4 Å². The minimum atomic E-state index is -0.231. The minimum absolute atomic E-state index is 0.221. The lowest BCUT2D eigenvalue weighted by Crippen LogP contribution is -2.47. The third kappa shape index (κ3) is 6.76. The van der Waals surface area contributed by atoms with Gasteiger partial charge in [-0.25, -0.2) is 0 Å². The summed E-state index contributed by atoms with van der Waals surface area (Å²) in [7, 11) is 1.41. The van der Waals surface area contributed by atoms with Gasteiger partial charge in [-0.2, -0.15) is 0 Å². The van der Waals surface area contributed by atoms with Crippen LogP contribution in [0.3, 0.4) is 0 Å². The summed E-state index contributed by atoms with van der Waals surface area (Å²) in [6.07, 6.45) is 6.10. The van der Waals surface area contributed by atoms with Gasteiger partial charge < -0.3 is 24.4 Å². The minimum Gasteiger partial charge on any atom is -0.469 e. The second-order valence-electron chi connectivity index (χ2n) is 7.13. The molecule has 2 rings (SSSR count). The Bertz CT molecular complexity index is 444. The zero-order valence-corrected chi connectivity index (χ0v) is 16.5. The number of nitrogens with one attached hydrogen (secondary N) is 1. The molecule has 0 spiro atoms. The fraction of sp³-hybridized carbons (Fsp3) is 0.895. The summed E-state index contributed by atoms with van der Waals surface area (Å²) >= 11 is 0. The average Bonchev–Trinajstić information content (AvgIpc) is 2.70. The van der Waals surface area contributed by atoms with E-state index in [1.54, 1.807) is 0 Å². The van der Waals surface area contributed by atoms with Crippen molar-refractivity contribution in [2.45, 2.75) is 58.2 Å². The lowest BCUT2D eigenvalue weighted by Gasteiger charge is -2.35. The molecule has 2 aliphatic rings. The molecule has 26 heavy (non-hydrogen) atoms. The Kier molecular flexibility index (Phi) is 9.18. The fourth-order valence-corrected chi connectivity index (χ4v) is 3.34. The van der Waals surface area contributed by atoms with E-state index in [2.05, 4.69) is 22.1 Å². The normalized spacial score (nSPS) is 23.6. The Morgan fingerprint density at radius 2 is 2.08 bits per heavy atom. The second-order valence-corrected chi connectivity index (χ2v) is 7.13. The van der Waals surface area contributed by atoms with Crippen molar-refractivity contribution in [2.24, 2.45) is 10.9 Å². The van der Waals surface area contributed by atoms with Crippen LogP contribution in [-0.4, -0.2) is 75.5 Å². The average molecular weight is 370 g/mol. The monoisotopic (exact) mass is 369 g/mol. The highest BCUT2D eigenvalue weighted by Crippen LogP contribution is 2.18. The maximum Gasteiger partial charge on any atom is 0.310 e. The van der Waals surface area contributed by atoms with Gasteiger partial charge in [0.25, 0.3) is 0 Å². The van der Waals surface area contributed by atoms with Crippen molar-refractivity contribution >= 4 is 11.9 Å². The molecule has 2 atom stereocenters. The quantitative estimate of drug-likeness (QED) is 0.419. The molecule has 2 aliphatic heterocycles. The van der Waals surface area contributed by atoms with Gasteiger partial charge in [0.2, 0.25) is 0 Å². The van der Waals surface area contributed by atoms with Crippen LogP contribution in [0.4, 0.5) is 0 Å². The Labute approximate surface area is 157 Å². The summed E-state index contributed by atoms with van der Waals surface area (Å²) in [6.45, 7) is 8.55. The molecule has 0 bridgehead atoms. The number of carbonyl (C=O) groups excluding carboxylic acids is 1.